The molecule has 0 bridgehead atoms. The second-order valence-corrected chi connectivity index (χ2v) is 10.2. The highest BCUT2D eigenvalue weighted by Gasteiger charge is 2.37. The minimum Gasteiger partial charge on any atom is -0.390 e. The first-order valence-electron chi connectivity index (χ1n) is 14.1. The van der Waals surface area contributed by atoms with E-state index in [4.69, 9.17) is 4.74 Å². The van der Waals surface area contributed by atoms with Gasteiger partial charge in [0.25, 0.3) is 0 Å². The summed E-state index contributed by atoms with van der Waals surface area (Å²) in [5.41, 5.74) is 0.910. The van der Waals surface area contributed by atoms with E-state index >= 15 is 0 Å². The molecule has 1 saturated heterocycles. The van der Waals surface area contributed by atoms with Crippen LogP contribution in [-0.4, -0.2) is 85.8 Å². The number of aliphatic hydroxyl groups is 1. The van der Waals surface area contributed by atoms with E-state index in [0.29, 0.717) is 32.7 Å². The largest absolute Gasteiger partial charge is 0.390 e. The van der Waals surface area contributed by atoms with Crippen LogP contribution in [0.4, 0.5) is 0 Å². The summed E-state index contributed by atoms with van der Waals surface area (Å²) < 4.78 is 4.99. The van der Waals surface area contributed by atoms with Crippen molar-refractivity contribution < 1.29 is 24.2 Å². The molecule has 214 valence electrons. The first kappa shape index (κ1) is 30.5. The lowest BCUT2D eigenvalue weighted by molar-refractivity contribution is -0.142. The van der Waals surface area contributed by atoms with Crippen LogP contribution in [-0.2, 0) is 25.5 Å². The Labute approximate surface area is 231 Å². The lowest BCUT2D eigenvalue weighted by Crippen LogP contribution is -2.55. The summed E-state index contributed by atoms with van der Waals surface area (Å²) >= 11 is 0. The molecule has 2 unspecified atom stereocenters. The second kappa shape index (κ2) is 15.5. The average Bonchev–Trinajstić information content (AvgIpc) is 3.44. The van der Waals surface area contributed by atoms with Crippen LogP contribution in [0.25, 0.3) is 10.8 Å². The van der Waals surface area contributed by atoms with Crippen molar-refractivity contribution in [3.63, 3.8) is 0 Å². The van der Waals surface area contributed by atoms with E-state index in [1.54, 1.807) is 12.0 Å². The maximum absolute atomic E-state index is 13.5. The van der Waals surface area contributed by atoms with Crippen LogP contribution in [0.5, 0.6) is 0 Å². The molecule has 0 aromatic heterocycles. The molecule has 9 nitrogen and oxygen atoms in total. The number of carbonyl (C=O) groups excluding carboxylic acids is 3. The zero-order chi connectivity index (χ0) is 28.2. The monoisotopic (exact) mass is 540 g/mol. The van der Waals surface area contributed by atoms with Crippen molar-refractivity contribution in [2.75, 3.05) is 39.9 Å². The molecule has 1 heterocycles. The Morgan fingerprint density at radius 3 is 2.54 bits per heavy atom. The summed E-state index contributed by atoms with van der Waals surface area (Å²) in [6.45, 7) is 6.00. The summed E-state index contributed by atoms with van der Waals surface area (Å²) in [7, 11) is 1.61. The van der Waals surface area contributed by atoms with Crippen LogP contribution in [0, 0.1) is 5.92 Å². The number of hydrogen-bond donors (Lipinski definition) is 4. The highest BCUT2D eigenvalue weighted by molar-refractivity contribution is 5.93. The van der Waals surface area contributed by atoms with E-state index in [1.165, 1.54) is 0 Å². The van der Waals surface area contributed by atoms with Gasteiger partial charge in [-0.25, -0.2) is 0 Å². The molecule has 39 heavy (non-hydrogen) atoms. The fraction of sp³-hybridized carbons (Fsp3) is 0.567. The van der Waals surface area contributed by atoms with Crippen molar-refractivity contribution in [1.82, 2.24) is 20.9 Å². The maximum Gasteiger partial charge on any atom is 0.243 e. The third-order valence-electron chi connectivity index (χ3n) is 7.43. The number of hydrogen-bond acceptors (Lipinski definition) is 6. The SMILES string of the molecule is CCC(CC)C(=O)N1CCCC1C(=O)N[C@H](Cc1ccc2ccccc2c1)C(=O)NCC(O)CNCCOC. The molecule has 1 aliphatic heterocycles. The summed E-state index contributed by atoms with van der Waals surface area (Å²) in [5, 5.41) is 21.2. The number of amides is 3. The first-order valence-corrected chi connectivity index (χ1v) is 14.1. The van der Waals surface area contributed by atoms with Crippen LogP contribution in [0.15, 0.2) is 42.5 Å². The van der Waals surface area contributed by atoms with Gasteiger partial charge in [0.1, 0.15) is 12.1 Å². The molecule has 3 rings (SSSR count). The van der Waals surface area contributed by atoms with E-state index in [1.807, 2.05) is 56.3 Å². The van der Waals surface area contributed by atoms with E-state index < -0.39 is 18.2 Å². The zero-order valence-electron chi connectivity index (χ0n) is 23.4. The molecule has 0 radical (unpaired) electrons. The quantitative estimate of drug-likeness (QED) is 0.257. The van der Waals surface area contributed by atoms with Crippen LogP contribution in [0.2, 0.25) is 0 Å². The van der Waals surface area contributed by atoms with Gasteiger partial charge in [0.2, 0.25) is 17.7 Å². The van der Waals surface area contributed by atoms with Crippen molar-refractivity contribution >= 4 is 28.5 Å². The molecule has 2 aromatic carbocycles. The summed E-state index contributed by atoms with van der Waals surface area (Å²) in [6.07, 6.45) is 2.30. The van der Waals surface area contributed by atoms with Crippen LogP contribution in [0.3, 0.4) is 0 Å². The Morgan fingerprint density at radius 2 is 1.82 bits per heavy atom. The number of benzene rings is 2. The van der Waals surface area contributed by atoms with Gasteiger partial charge in [-0.3, -0.25) is 14.4 Å². The van der Waals surface area contributed by atoms with Crippen molar-refractivity contribution in [2.45, 2.75) is 64.1 Å². The lowest BCUT2D eigenvalue weighted by atomic mass is 10.00. The van der Waals surface area contributed by atoms with Crippen molar-refractivity contribution in [2.24, 2.45) is 5.92 Å². The number of nitrogens with zero attached hydrogens (tertiary/aromatic N) is 1. The smallest absolute Gasteiger partial charge is 0.243 e. The van der Waals surface area contributed by atoms with Gasteiger partial charge in [0, 0.05) is 45.6 Å². The predicted octanol–water partition coefficient (Wildman–Crippen LogP) is 2.01. The number of carbonyl (C=O) groups is 3. The van der Waals surface area contributed by atoms with Crippen molar-refractivity contribution in [3.8, 4) is 0 Å². The molecule has 0 aliphatic carbocycles. The second-order valence-electron chi connectivity index (χ2n) is 10.2. The number of rotatable bonds is 15. The number of ether oxygens (including phenoxy) is 1. The molecule has 1 fully saturated rings. The maximum atomic E-state index is 13.5. The van der Waals surface area contributed by atoms with Crippen LogP contribution in [0.1, 0.15) is 45.1 Å². The normalized spacial score (nSPS) is 16.8. The standard InChI is InChI=1S/C30H44N4O5/c1-4-22(5-2)30(38)34-15-8-11-27(34)29(37)33-26(28(36)32-20-25(35)19-31-14-16-39-3)18-21-12-13-23-9-6-7-10-24(23)17-21/h6-7,9-10,12-13,17,22,25-27,31,35H,4-5,8,11,14-16,18-20H2,1-3H3,(H,32,36)(H,33,37)/t25?,26-,27?/m1/s1. The molecular formula is C30H44N4O5. The van der Waals surface area contributed by atoms with Gasteiger partial charge in [0.15, 0.2) is 0 Å². The van der Waals surface area contributed by atoms with Crippen LogP contribution < -0.4 is 16.0 Å². The minimum atomic E-state index is -0.849. The summed E-state index contributed by atoms with van der Waals surface area (Å²) in [5.74, 6) is -0.774. The van der Waals surface area contributed by atoms with Gasteiger partial charge in [-0.2, -0.15) is 0 Å². The molecule has 9 heteroatoms. The van der Waals surface area contributed by atoms with E-state index in [2.05, 4.69) is 16.0 Å². The number of aliphatic hydroxyl groups excluding tert-OH is 1. The van der Waals surface area contributed by atoms with Gasteiger partial charge in [-0.05, 0) is 42.0 Å². The number of nitrogens with one attached hydrogen (secondary N) is 3. The number of methoxy groups -OCH3 is 1. The Balaban J connectivity index is 1.71. The molecule has 3 amide bonds. The minimum absolute atomic E-state index is 0.0114. The molecule has 2 aromatic rings. The van der Waals surface area contributed by atoms with E-state index in [0.717, 1.165) is 35.6 Å². The fourth-order valence-electron chi connectivity index (χ4n) is 5.11. The summed E-state index contributed by atoms with van der Waals surface area (Å²) in [6, 6.07) is 12.5. The highest BCUT2D eigenvalue weighted by Crippen LogP contribution is 2.23. The average molecular weight is 541 g/mol. The Morgan fingerprint density at radius 1 is 1.08 bits per heavy atom. The Kier molecular flexibility index (Phi) is 12.2. The third kappa shape index (κ3) is 8.74. The highest BCUT2D eigenvalue weighted by atomic mass is 16.5. The van der Waals surface area contributed by atoms with Gasteiger partial charge in [0.05, 0.1) is 12.7 Å². The third-order valence-corrected chi connectivity index (χ3v) is 7.43. The van der Waals surface area contributed by atoms with Crippen molar-refractivity contribution in [1.29, 1.82) is 0 Å². The first-order chi connectivity index (χ1) is 18.9. The van der Waals surface area contributed by atoms with Gasteiger partial charge in [-0.15, -0.1) is 0 Å². The number of likely N-dealkylation sites (tertiary alicyclic amines) is 1. The van der Waals surface area contributed by atoms with Gasteiger partial charge in [-0.1, -0.05) is 56.3 Å². The van der Waals surface area contributed by atoms with E-state index in [-0.39, 0.29) is 36.6 Å². The molecule has 0 saturated carbocycles. The molecule has 3 atom stereocenters. The van der Waals surface area contributed by atoms with Crippen LogP contribution >= 0.6 is 0 Å². The topological polar surface area (TPSA) is 120 Å². The molecule has 4 N–H and O–H groups in total. The summed E-state index contributed by atoms with van der Waals surface area (Å²) in [4.78, 5) is 41.5. The fourth-order valence-corrected chi connectivity index (χ4v) is 5.11. The van der Waals surface area contributed by atoms with E-state index in [9.17, 15) is 19.5 Å². The zero-order valence-corrected chi connectivity index (χ0v) is 23.4. The molecular weight excluding hydrogens is 496 g/mol. The Bertz CT molecular complexity index is 1090. The lowest BCUT2D eigenvalue weighted by Gasteiger charge is -2.29. The van der Waals surface area contributed by atoms with Gasteiger partial charge < -0.3 is 30.7 Å². The predicted molar refractivity (Wildman–Crippen MR) is 152 cm³/mol. The number of fused-ring (bicyclic) bond motifs is 1. The Hall–Kier alpha value is -3.01. The van der Waals surface area contributed by atoms with Gasteiger partial charge >= 0.3 is 0 Å². The molecule has 1 aliphatic rings. The molecule has 0 spiro atoms. The van der Waals surface area contributed by atoms with Crippen molar-refractivity contribution in [3.05, 3.63) is 48.0 Å².